The molecule has 0 bridgehead atoms. The van der Waals surface area contributed by atoms with E-state index in [-0.39, 0.29) is 30.2 Å². The molecule has 0 aromatic heterocycles. The second-order valence-corrected chi connectivity index (χ2v) is 5.83. The van der Waals surface area contributed by atoms with Crippen LogP contribution in [-0.2, 0) is 16.1 Å². The van der Waals surface area contributed by atoms with E-state index in [1.54, 1.807) is 24.3 Å². The molecule has 1 heterocycles. The fraction of sp³-hybridized carbons (Fsp3) is 0.167. The maximum Gasteiger partial charge on any atom is 0.307 e. The standard InChI is InChI=1S/C18H13ClFNO4/c19-14-6-3-7-15(20)13(14)10-25-16(22)8-9-21-17(23)11-4-1-2-5-12(11)18(21)24/h1-7H,8-10H2. The van der Waals surface area contributed by atoms with Gasteiger partial charge in [-0.3, -0.25) is 19.3 Å². The van der Waals surface area contributed by atoms with Crippen LogP contribution in [0.3, 0.4) is 0 Å². The van der Waals surface area contributed by atoms with E-state index < -0.39 is 23.6 Å². The molecule has 0 N–H and O–H groups in total. The van der Waals surface area contributed by atoms with Gasteiger partial charge in [-0.1, -0.05) is 29.8 Å². The molecule has 0 saturated heterocycles. The number of halogens is 2. The van der Waals surface area contributed by atoms with Crippen LogP contribution in [0.4, 0.5) is 4.39 Å². The minimum absolute atomic E-state index is 0.0817. The number of hydrogen-bond acceptors (Lipinski definition) is 4. The van der Waals surface area contributed by atoms with E-state index >= 15 is 0 Å². The molecule has 0 radical (unpaired) electrons. The summed E-state index contributed by atoms with van der Waals surface area (Å²) < 4.78 is 18.6. The summed E-state index contributed by atoms with van der Waals surface area (Å²) in [6, 6.07) is 10.6. The zero-order chi connectivity index (χ0) is 18.0. The fourth-order valence-corrected chi connectivity index (χ4v) is 2.76. The Labute approximate surface area is 147 Å². The van der Waals surface area contributed by atoms with Crippen LogP contribution in [0.15, 0.2) is 42.5 Å². The number of rotatable bonds is 5. The Morgan fingerprint density at radius 1 is 1.04 bits per heavy atom. The van der Waals surface area contributed by atoms with Gasteiger partial charge in [-0.2, -0.15) is 0 Å². The number of carbonyl (C=O) groups excluding carboxylic acids is 3. The minimum atomic E-state index is -0.657. The SMILES string of the molecule is O=C(CCN1C(=O)c2ccccc2C1=O)OCc1c(F)cccc1Cl. The molecule has 2 aromatic carbocycles. The van der Waals surface area contributed by atoms with E-state index in [1.165, 1.54) is 18.2 Å². The quantitative estimate of drug-likeness (QED) is 0.606. The first-order valence-corrected chi connectivity index (χ1v) is 7.90. The molecule has 0 spiro atoms. The number of ether oxygens (including phenoxy) is 1. The van der Waals surface area contributed by atoms with Gasteiger partial charge in [0.2, 0.25) is 0 Å². The van der Waals surface area contributed by atoms with Crippen molar-refractivity contribution < 1.29 is 23.5 Å². The highest BCUT2D eigenvalue weighted by Crippen LogP contribution is 2.23. The first-order valence-electron chi connectivity index (χ1n) is 7.53. The number of imide groups is 1. The summed E-state index contributed by atoms with van der Waals surface area (Å²) >= 11 is 5.85. The number of hydrogen-bond donors (Lipinski definition) is 0. The zero-order valence-electron chi connectivity index (χ0n) is 13.0. The second-order valence-electron chi connectivity index (χ2n) is 5.42. The average Bonchev–Trinajstić information content (AvgIpc) is 2.84. The maximum atomic E-state index is 13.6. The number of amides is 2. The van der Waals surface area contributed by atoms with Gasteiger partial charge in [-0.15, -0.1) is 0 Å². The van der Waals surface area contributed by atoms with Crippen molar-refractivity contribution in [2.75, 3.05) is 6.54 Å². The lowest BCUT2D eigenvalue weighted by molar-refractivity contribution is -0.145. The van der Waals surface area contributed by atoms with Crippen LogP contribution in [0.5, 0.6) is 0 Å². The van der Waals surface area contributed by atoms with Gasteiger partial charge in [0, 0.05) is 12.1 Å². The Bertz CT molecular complexity index is 813. The average molecular weight is 362 g/mol. The maximum absolute atomic E-state index is 13.6. The predicted octanol–water partition coefficient (Wildman–Crippen LogP) is 3.21. The van der Waals surface area contributed by atoms with Crippen LogP contribution < -0.4 is 0 Å². The molecular formula is C18H13ClFNO4. The Hall–Kier alpha value is -2.73. The molecule has 1 aliphatic heterocycles. The molecule has 25 heavy (non-hydrogen) atoms. The van der Waals surface area contributed by atoms with Gasteiger partial charge in [-0.25, -0.2) is 4.39 Å². The first-order chi connectivity index (χ1) is 12.0. The largest absolute Gasteiger partial charge is 0.461 e. The summed E-state index contributed by atoms with van der Waals surface area (Å²) in [6.07, 6.45) is -0.183. The van der Waals surface area contributed by atoms with E-state index in [2.05, 4.69) is 0 Å². The van der Waals surface area contributed by atoms with E-state index in [9.17, 15) is 18.8 Å². The molecular weight excluding hydrogens is 349 g/mol. The van der Waals surface area contributed by atoms with E-state index in [4.69, 9.17) is 16.3 Å². The summed E-state index contributed by atoms with van der Waals surface area (Å²) in [5, 5.41) is 0.160. The topological polar surface area (TPSA) is 63.7 Å². The number of benzene rings is 2. The van der Waals surface area contributed by atoms with Crippen LogP contribution in [0.25, 0.3) is 0 Å². The molecule has 0 atom stereocenters. The predicted molar refractivity (Wildman–Crippen MR) is 87.6 cm³/mol. The number of carbonyl (C=O) groups is 3. The summed E-state index contributed by atoms with van der Waals surface area (Å²) in [7, 11) is 0. The van der Waals surface area contributed by atoms with Crippen molar-refractivity contribution in [2.45, 2.75) is 13.0 Å². The summed E-state index contributed by atoms with van der Waals surface area (Å²) in [4.78, 5) is 37.2. The van der Waals surface area contributed by atoms with Gasteiger partial charge in [0.25, 0.3) is 11.8 Å². The van der Waals surface area contributed by atoms with Crippen molar-refractivity contribution in [1.29, 1.82) is 0 Å². The van der Waals surface area contributed by atoms with Crippen molar-refractivity contribution in [1.82, 2.24) is 4.90 Å². The summed E-state index contributed by atoms with van der Waals surface area (Å²) in [5.41, 5.74) is 0.719. The molecule has 0 aliphatic carbocycles. The van der Waals surface area contributed by atoms with Crippen LogP contribution in [-0.4, -0.2) is 29.2 Å². The molecule has 0 unspecified atom stereocenters. The van der Waals surface area contributed by atoms with Gasteiger partial charge >= 0.3 is 5.97 Å². The zero-order valence-corrected chi connectivity index (χ0v) is 13.8. The molecule has 0 fully saturated rings. The molecule has 1 aliphatic rings. The van der Waals surface area contributed by atoms with Gasteiger partial charge in [0.1, 0.15) is 12.4 Å². The lowest BCUT2D eigenvalue weighted by atomic mass is 10.1. The number of nitrogens with zero attached hydrogens (tertiary/aromatic N) is 1. The Kier molecular flexibility index (Phi) is 4.81. The van der Waals surface area contributed by atoms with Crippen molar-refractivity contribution in [3.63, 3.8) is 0 Å². The van der Waals surface area contributed by atoms with E-state index in [0.29, 0.717) is 11.1 Å². The van der Waals surface area contributed by atoms with Gasteiger partial charge in [0.15, 0.2) is 0 Å². The fourth-order valence-electron chi connectivity index (χ4n) is 2.54. The molecule has 2 amide bonds. The second kappa shape index (κ2) is 7.03. The summed E-state index contributed by atoms with van der Waals surface area (Å²) in [6.45, 7) is -0.414. The van der Waals surface area contributed by atoms with E-state index in [1.807, 2.05) is 0 Å². The van der Waals surface area contributed by atoms with Crippen LogP contribution in [0.2, 0.25) is 5.02 Å². The van der Waals surface area contributed by atoms with Gasteiger partial charge < -0.3 is 4.74 Å². The Morgan fingerprint density at radius 3 is 2.28 bits per heavy atom. The normalized spacial score (nSPS) is 13.1. The lowest BCUT2D eigenvalue weighted by Crippen LogP contribution is -2.32. The highest BCUT2D eigenvalue weighted by atomic mass is 35.5. The third-order valence-electron chi connectivity index (χ3n) is 3.86. The first kappa shape index (κ1) is 17.1. The summed E-state index contributed by atoms with van der Waals surface area (Å²) in [5.74, 6) is -2.10. The lowest BCUT2D eigenvalue weighted by Gasteiger charge is -2.13. The molecule has 7 heteroatoms. The molecule has 3 rings (SSSR count). The van der Waals surface area contributed by atoms with Gasteiger partial charge in [0.05, 0.1) is 22.6 Å². The smallest absolute Gasteiger partial charge is 0.307 e. The minimum Gasteiger partial charge on any atom is -0.461 e. The highest BCUT2D eigenvalue weighted by Gasteiger charge is 2.35. The number of esters is 1. The van der Waals surface area contributed by atoms with Crippen molar-refractivity contribution in [3.05, 3.63) is 70.0 Å². The highest BCUT2D eigenvalue weighted by molar-refractivity contribution is 6.31. The molecule has 128 valence electrons. The molecule has 5 nitrogen and oxygen atoms in total. The van der Waals surface area contributed by atoms with Gasteiger partial charge in [-0.05, 0) is 24.3 Å². The van der Waals surface area contributed by atoms with Crippen molar-refractivity contribution >= 4 is 29.4 Å². The van der Waals surface area contributed by atoms with Crippen LogP contribution in [0, 0.1) is 5.82 Å². The third kappa shape index (κ3) is 3.39. The van der Waals surface area contributed by atoms with Crippen LogP contribution >= 0.6 is 11.6 Å². The Balaban J connectivity index is 1.57. The third-order valence-corrected chi connectivity index (χ3v) is 4.21. The van der Waals surface area contributed by atoms with Crippen LogP contribution in [0.1, 0.15) is 32.7 Å². The van der Waals surface area contributed by atoms with Crippen molar-refractivity contribution in [3.8, 4) is 0 Å². The molecule has 2 aromatic rings. The molecule has 0 saturated carbocycles. The number of fused-ring (bicyclic) bond motifs is 1. The Morgan fingerprint density at radius 2 is 1.68 bits per heavy atom. The van der Waals surface area contributed by atoms with Crippen molar-refractivity contribution in [2.24, 2.45) is 0 Å². The monoisotopic (exact) mass is 361 g/mol. The van der Waals surface area contributed by atoms with E-state index in [0.717, 1.165) is 4.90 Å².